The molecule has 1 unspecified atom stereocenters. The first-order valence-corrected chi connectivity index (χ1v) is 15.8. The molecule has 4 N–H and O–H groups in total. The third kappa shape index (κ3) is 4.16. The molecule has 1 amide bonds. The van der Waals surface area contributed by atoms with Gasteiger partial charge in [0.05, 0.1) is 28.5 Å². The van der Waals surface area contributed by atoms with Crippen LogP contribution in [0.5, 0.6) is 5.75 Å². The van der Waals surface area contributed by atoms with Crippen molar-refractivity contribution in [1.82, 2.24) is 19.0 Å². The summed E-state index contributed by atoms with van der Waals surface area (Å²) in [7, 11) is 3.70. The number of aryl methyl sites for hydroxylation is 1. The van der Waals surface area contributed by atoms with E-state index in [2.05, 4.69) is 20.6 Å². The summed E-state index contributed by atoms with van der Waals surface area (Å²) in [6.45, 7) is 2.28. The van der Waals surface area contributed by atoms with Crippen LogP contribution >= 0.6 is 22.9 Å². The number of benzene rings is 1. The third-order valence-corrected chi connectivity index (χ3v) is 10.8. The number of imidazole rings is 1. The van der Waals surface area contributed by atoms with Crippen molar-refractivity contribution in [3.63, 3.8) is 0 Å². The van der Waals surface area contributed by atoms with Crippen LogP contribution in [0.4, 0.5) is 0 Å². The van der Waals surface area contributed by atoms with Crippen LogP contribution in [0.3, 0.4) is 0 Å². The number of carbonyl (C=O) groups is 1. The van der Waals surface area contributed by atoms with Gasteiger partial charge in [0, 0.05) is 43.7 Å². The highest BCUT2D eigenvalue weighted by atomic mass is 35.5. The van der Waals surface area contributed by atoms with E-state index in [0.717, 1.165) is 54.9 Å². The highest BCUT2D eigenvalue weighted by Gasteiger charge is 2.47. The topological polar surface area (TPSA) is 104 Å². The Balaban J connectivity index is 1.32. The van der Waals surface area contributed by atoms with Crippen LogP contribution in [0.15, 0.2) is 23.6 Å². The summed E-state index contributed by atoms with van der Waals surface area (Å²) in [5, 5.41) is 2.26. The van der Waals surface area contributed by atoms with E-state index < -0.39 is 0 Å². The number of ether oxygens (including phenoxy) is 1. The maximum absolute atomic E-state index is 13.7. The van der Waals surface area contributed by atoms with Crippen LogP contribution in [0, 0.1) is 17.8 Å². The van der Waals surface area contributed by atoms with Crippen molar-refractivity contribution in [1.29, 1.82) is 0 Å². The Kier molecular flexibility index (Phi) is 6.61. The number of nitrogens with zero attached hydrogens (tertiary/aromatic N) is 4. The molecule has 4 heterocycles. The van der Waals surface area contributed by atoms with Crippen LogP contribution in [0.1, 0.15) is 41.6 Å². The van der Waals surface area contributed by atoms with Gasteiger partial charge in [-0.1, -0.05) is 0 Å². The Morgan fingerprint density at radius 2 is 2.05 bits per heavy atom. The number of halogens is 1. The number of aromatic nitrogens is 3. The standard InChI is InChI=1S/C30H37ClN6O2S/c1-35-28-21(8-19(9-24(28)39-2)30(38)37-14-18-5-6-22(37)26(18)33)34-29(35)23-10-25-27(36(23)13-16-3-4-16)20(15-40-25)7-17(11-31)12-32/h8-10,15-18,22,26H,3-7,11-14,32-33H2,1-2H3/t17?,18-,22-,26-/m1/s1. The molecule has 8 nitrogen and oxygen atoms in total. The van der Waals surface area contributed by atoms with Gasteiger partial charge in [-0.15, -0.1) is 22.9 Å². The Morgan fingerprint density at radius 3 is 2.70 bits per heavy atom. The number of carbonyl (C=O) groups excluding carboxylic acids is 1. The molecule has 40 heavy (non-hydrogen) atoms. The second kappa shape index (κ2) is 10.0. The van der Waals surface area contributed by atoms with Gasteiger partial charge in [0.15, 0.2) is 5.82 Å². The van der Waals surface area contributed by atoms with E-state index >= 15 is 0 Å². The average Bonchev–Trinajstić information content (AvgIpc) is 3.19. The Labute approximate surface area is 243 Å². The number of piperidine rings is 1. The van der Waals surface area contributed by atoms with Gasteiger partial charge in [0.25, 0.3) is 5.91 Å². The molecule has 10 heteroatoms. The van der Waals surface area contributed by atoms with Crippen LogP contribution < -0.4 is 16.2 Å². The van der Waals surface area contributed by atoms with E-state index in [4.69, 9.17) is 32.8 Å². The predicted molar refractivity (Wildman–Crippen MR) is 161 cm³/mol. The SMILES string of the molecule is COc1cc(C(=O)N2C[C@H]3CC[C@@H]2[C@@H]3N)cc2nc(-c3cc4scc(CC(CN)CCl)c4n3CC3CC3)n(C)c12. The summed E-state index contributed by atoms with van der Waals surface area (Å²) in [6.07, 6.45) is 5.49. The second-order valence-electron chi connectivity index (χ2n) is 12.0. The van der Waals surface area contributed by atoms with Crippen molar-refractivity contribution < 1.29 is 9.53 Å². The Morgan fingerprint density at radius 1 is 1.23 bits per heavy atom. The van der Waals surface area contributed by atoms with E-state index in [-0.39, 0.29) is 23.9 Å². The molecular weight excluding hydrogens is 544 g/mol. The fourth-order valence-corrected chi connectivity index (χ4v) is 8.24. The second-order valence-corrected chi connectivity index (χ2v) is 13.2. The molecule has 3 aliphatic rings. The molecule has 1 saturated heterocycles. The molecule has 2 bridgehead atoms. The highest BCUT2D eigenvalue weighted by Crippen LogP contribution is 2.42. The molecule has 0 radical (unpaired) electrons. The van der Waals surface area contributed by atoms with Gasteiger partial charge < -0.3 is 30.2 Å². The monoisotopic (exact) mass is 580 g/mol. The zero-order chi connectivity index (χ0) is 27.7. The van der Waals surface area contributed by atoms with Gasteiger partial charge in [0.1, 0.15) is 11.3 Å². The summed E-state index contributed by atoms with van der Waals surface area (Å²) in [5.41, 5.74) is 18.4. The lowest BCUT2D eigenvalue weighted by molar-refractivity contribution is 0.0700. The van der Waals surface area contributed by atoms with Crippen molar-refractivity contribution >= 4 is 50.1 Å². The minimum absolute atomic E-state index is 0.0195. The van der Waals surface area contributed by atoms with E-state index in [9.17, 15) is 4.79 Å². The number of alkyl halides is 1. The average molecular weight is 581 g/mol. The van der Waals surface area contributed by atoms with Gasteiger partial charge in [-0.3, -0.25) is 4.79 Å². The van der Waals surface area contributed by atoms with Crippen LogP contribution in [0.2, 0.25) is 0 Å². The number of hydrogen-bond donors (Lipinski definition) is 2. The van der Waals surface area contributed by atoms with Crippen molar-refractivity contribution in [3.05, 3.63) is 34.7 Å². The summed E-state index contributed by atoms with van der Waals surface area (Å²) in [4.78, 5) is 20.8. The summed E-state index contributed by atoms with van der Waals surface area (Å²) < 4.78 is 11.7. The lowest BCUT2D eigenvalue weighted by Gasteiger charge is -2.27. The van der Waals surface area contributed by atoms with E-state index in [1.807, 2.05) is 24.1 Å². The van der Waals surface area contributed by atoms with E-state index in [1.54, 1.807) is 18.4 Å². The first-order valence-electron chi connectivity index (χ1n) is 14.4. The lowest BCUT2D eigenvalue weighted by atomic mass is 10.0. The predicted octanol–water partition coefficient (Wildman–Crippen LogP) is 4.59. The van der Waals surface area contributed by atoms with Crippen molar-refractivity contribution in [2.75, 3.05) is 26.1 Å². The van der Waals surface area contributed by atoms with Crippen LogP contribution in [0.25, 0.3) is 32.8 Å². The molecule has 1 aromatic carbocycles. The third-order valence-electron chi connectivity index (χ3n) is 9.44. The van der Waals surface area contributed by atoms with Gasteiger partial charge in [-0.05, 0) is 85.5 Å². The van der Waals surface area contributed by atoms with Gasteiger partial charge in [0.2, 0.25) is 0 Å². The van der Waals surface area contributed by atoms with Gasteiger partial charge in [-0.2, -0.15) is 0 Å². The fraction of sp³-hybridized carbons (Fsp3) is 0.533. The van der Waals surface area contributed by atoms with Gasteiger partial charge in [-0.25, -0.2) is 4.98 Å². The zero-order valence-corrected chi connectivity index (χ0v) is 24.7. The van der Waals surface area contributed by atoms with Crippen LogP contribution in [-0.4, -0.2) is 63.1 Å². The minimum Gasteiger partial charge on any atom is -0.494 e. The highest BCUT2D eigenvalue weighted by molar-refractivity contribution is 7.17. The summed E-state index contributed by atoms with van der Waals surface area (Å²) >= 11 is 8.00. The molecule has 3 fully saturated rings. The van der Waals surface area contributed by atoms with E-state index in [1.165, 1.54) is 28.6 Å². The number of nitrogens with two attached hydrogens (primary N) is 2. The number of hydrogen-bond acceptors (Lipinski definition) is 6. The maximum Gasteiger partial charge on any atom is 0.254 e. The van der Waals surface area contributed by atoms with Crippen molar-refractivity contribution in [2.45, 2.75) is 50.7 Å². The molecule has 3 aromatic heterocycles. The number of fused-ring (bicyclic) bond motifs is 4. The first-order chi connectivity index (χ1) is 19.4. The van der Waals surface area contributed by atoms with Crippen LogP contribution in [-0.2, 0) is 20.0 Å². The zero-order valence-electron chi connectivity index (χ0n) is 23.1. The summed E-state index contributed by atoms with van der Waals surface area (Å²) in [6, 6.07) is 6.27. The molecule has 212 valence electrons. The molecule has 2 aliphatic carbocycles. The number of methoxy groups -OCH3 is 1. The number of thiophene rings is 1. The molecule has 7 rings (SSSR count). The quantitative estimate of drug-likeness (QED) is 0.282. The summed E-state index contributed by atoms with van der Waals surface area (Å²) in [5.74, 6) is 3.46. The van der Waals surface area contributed by atoms with E-state index in [0.29, 0.717) is 35.6 Å². The smallest absolute Gasteiger partial charge is 0.254 e. The molecular formula is C30H37ClN6O2S. The molecule has 2 saturated carbocycles. The number of rotatable bonds is 9. The van der Waals surface area contributed by atoms with Gasteiger partial charge >= 0.3 is 0 Å². The molecule has 4 aromatic rings. The lowest BCUT2D eigenvalue weighted by Crippen LogP contribution is -2.41. The van der Waals surface area contributed by atoms with Crippen molar-refractivity contribution in [3.8, 4) is 17.3 Å². The molecule has 1 aliphatic heterocycles. The Hall–Kier alpha value is -2.59. The Bertz CT molecular complexity index is 1600. The maximum atomic E-state index is 13.7. The fourth-order valence-electron chi connectivity index (χ4n) is 6.99. The van der Waals surface area contributed by atoms with Crippen molar-refractivity contribution in [2.24, 2.45) is 36.3 Å². The minimum atomic E-state index is 0.0195. The molecule has 4 atom stereocenters. The normalized spacial score (nSPS) is 23.1. The number of likely N-dealkylation sites (tertiary alicyclic amines) is 1. The molecule has 0 spiro atoms. The first kappa shape index (κ1) is 26.3. The largest absolute Gasteiger partial charge is 0.494 e. The number of amides is 1.